The van der Waals surface area contributed by atoms with Crippen LogP contribution >= 0.6 is 15.9 Å². The van der Waals surface area contributed by atoms with Crippen LogP contribution in [0.2, 0.25) is 0 Å². The molecule has 2 nitrogen and oxygen atoms in total. The Hall–Kier alpha value is -1.32. The van der Waals surface area contributed by atoms with Gasteiger partial charge < -0.3 is 11.1 Å². The first-order valence-corrected chi connectivity index (χ1v) is 7.83. The Labute approximate surface area is 128 Å². The molecule has 0 radical (unpaired) electrons. The Bertz CT molecular complexity index is 624. The van der Waals surface area contributed by atoms with E-state index in [9.17, 15) is 0 Å². The van der Waals surface area contributed by atoms with Crippen molar-refractivity contribution in [3.05, 3.63) is 63.6 Å². The maximum absolute atomic E-state index is 5.86. The van der Waals surface area contributed by atoms with Crippen molar-refractivity contribution in [2.45, 2.75) is 31.8 Å². The molecule has 0 bridgehead atoms. The molecule has 2 aromatic carbocycles. The molecule has 2 aromatic rings. The number of rotatable bonds is 3. The molecular formula is C17H19BrN2. The van der Waals surface area contributed by atoms with E-state index in [0.717, 1.165) is 23.0 Å². The molecule has 0 fully saturated rings. The highest BCUT2D eigenvalue weighted by Crippen LogP contribution is 2.35. The minimum Gasteiger partial charge on any atom is -0.399 e. The first-order valence-electron chi connectivity index (χ1n) is 7.04. The highest BCUT2D eigenvalue weighted by molar-refractivity contribution is 9.10. The van der Waals surface area contributed by atoms with Crippen molar-refractivity contribution in [2.24, 2.45) is 0 Å². The van der Waals surface area contributed by atoms with Gasteiger partial charge in [-0.3, -0.25) is 0 Å². The van der Waals surface area contributed by atoms with Crippen molar-refractivity contribution in [2.75, 3.05) is 5.73 Å². The third-order valence-electron chi connectivity index (χ3n) is 4.07. The number of fused-ring (bicyclic) bond motifs is 1. The largest absolute Gasteiger partial charge is 0.399 e. The van der Waals surface area contributed by atoms with Crippen molar-refractivity contribution in [3.63, 3.8) is 0 Å². The van der Waals surface area contributed by atoms with Gasteiger partial charge in [-0.1, -0.05) is 40.2 Å². The zero-order valence-electron chi connectivity index (χ0n) is 11.6. The third kappa shape index (κ3) is 2.60. The Morgan fingerprint density at radius 2 is 2.05 bits per heavy atom. The second-order valence-corrected chi connectivity index (χ2v) is 6.31. The van der Waals surface area contributed by atoms with Gasteiger partial charge in [-0.25, -0.2) is 0 Å². The maximum atomic E-state index is 5.86. The molecule has 0 saturated carbocycles. The van der Waals surface area contributed by atoms with Crippen LogP contribution in [0.15, 0.2) is 46.9 Å². The molecule has 0 amide bonds. The lowest BCUT2D eigenvalue weighted by Gasteiger charge is -2.21. The summed E-state index contributed by atoms with van der Waals surface area (Å²) in [7, 11) is 0. The SMILES string of the molecule is C[C@H](NC1CCc2cc(N)ccc21)c1ccccc1Br. The fourth-order valence-electron chi connectivity index (χ4n) is 3.03. The Morgan fingerprint density at radius 1 is 1.25 bits per heavy atom. The molecular weight excluding hydrogens is 312 g/mol. The Balaban J connectivity index is 1.79. The lowest BCUT2D eigenvalue weighted by Crippen LogP contribution is -2.23. The number of halogens is 1. The van der Waals surface area contributed by atoms with Crippen LogP contribution < -0.4 is 11.1 Å². The number of nitrogen functional groups attached to an aromatic ring is 1. The zero-order chi connectivity index (χ0) is 14.1. The van der Waals surface area contributed by atoms with Crippen LogP contribution in [0, 0.1) is 0 Å². The summed E-state index contributed by atoms with van der Waals surface area (Å²) in [6, 6.07) is 15.4. The Morgan fingerprint density at radius 3 is 2.85 bits per heavy atom. The summed E-state index contributed by atoms with van der Waals surface area (Å²) in [4.78, 5) is 0. The second-order valence-electron chi connectivity index (χ2n) is 5.46. The van der Waals surface area contributed by atoms with E-state index < -0.39 is 0 Å². The first kappa shape index (κ1) is 13.7. The van der Waals surface area contributed by atoms with Gasteiger partial charge in [0.15, 0.2) is 0 Å². The van der Waals surface area contributed by atoms with Crippen molar-refractivity contribution in [1.29, 1.82) is 0 Å². The average molecular weight is 331 g/mol. The van der Waals surface area contributed by atoms with Crippen LogP contribution in [-0.4, -0.2) is 0 Å². The lowest BCUT2D eigenvalue weighted by atomic mass is 10.0. The number of aryl methyl sites for hydroxylation is 1. The maximum Gasteiger partial charge on any atom is 0.0331 e. The van der Waals surface area contributed by atoms with Gasteiger partial charge in [-0.05, 0) is 54.7 Å². The highest BCUT2D eigenvalue weighted by Gasteiger charge is 2.24. The monoisotopic (exact) mass is 330 g/mol. The van der Waals surface area contributed by atoms with Gasteiger partial charge in [0.05, 0.1) is 0 Å². The smallest absolute Gasteiger partial charge is 0.0331 e. The number of hydrogen-bond donors (Lipinski definition) is 2. The van der Waals surface area contributed by atoms with E-state index >= 15 is 0 Å². The molecule has 3 rings (SSSR count). The fraction of sp³-hybridized carbons (Fsp3) is 0.294. The minimum absolute atomic E-state index is 0.319. The van der Waals surface area contributed by atoms with Gasteiger partial charge >= 0.3 is 0 Å². The minimum atomic E-state index is 0.319. The standard InChI is InChI=1S/C17H19BrN2/c1-11(14-4-2-3-5-16(14)18)20-17-9-6-12-10-13(19)7-8-15(12)17/h2-5,7-8,10-11,17,20H,6,9,19H2,1H3/t11-,17?/m0/s1. The molecule has 20 heavy (non-hydrogen) atoms. The Kier molecular flexibility index (Phi) is 3.81. The van der Waals surface area contributed by atoms with Crippen molar-refractivity contribution in [3.8, 4) is 0 Å². The van der Waals surface area contributed by atoms with Gasteiger partial charge in [-0.2, -0.15) is 0 Å². The summed E-state index contributed by atoms with van der Waals surface area (Å²) in [5, 5.41) is 3.74. The van der Waals surface area contributed by atoms with Crippen LogP contribution in [0.3, 0.4) is 0 Å². The van der Waals surface area contributed by atoms with Gasteiger partial charge in [0.2, 0.25) is 0 Å². The molecule has 104 valence electrons. The van der Waals surface area contributed by atoms with Crippen LogP contribution in [0.4, 0.5) is 5.69 Å². The summed E-state index contributed by atoms with van der Waals surface area (Å²) in [6.45, 7) is 2.22. The number of anilines is 1. The molecule has 1 aliphatic carbocycles. The topological polar surface area (TPSA) is 38.0 Å². The fourth-order valence-corrected chi connectivity index (χ4v) is 3.66. The van der Waals surface area contributed by atoms with Crippen molar-refractivity contribution in [1.82, 2.24) is 5.32 Å². The zero-order valence-corrected chi connectivity index (χ0v) is 13.2. The number of benzene rings is 2. The van der Waals surface area contributed by atoms with Crippen LogP contribution in [0.25, 0.3) is 0 Å². The summed E-state index contributed by atoms with van der Waals surface area (Å²) < 4.78 is 1.16. The van der Waals surface area contributed by atoms with Crippen molar-refractivity contribution >= 4 is 21.6 Å². The lowest BCUT2D eigenvalue weighted by molar-refractivity contribution is 0.464. The molecule has 3 heteroatoms. The summed E-state index contributed by atoms with van der Waals surface area (Å²) >= 11 is 3.63. The van der Waals surface area contributed by atoms with Crippen LogP contribution in [-0.2, 0) is 6.42 Å². The molecule has 1 unspecified atom stereocenters. The quantitative estimate of drug-likeness (QED) is 0.820. The van der Waals surface area contributed by atoms with Crippen LogP contribution in [0.1, 0.15) is 42.1 Å². The first-order chi connectivity index (χ1) is 9.65. The average Bonchev–Trinajstić information content (AvgIpc) is 2.81. The highest BCUT2D eigenvalue weighted by atomic mass is 79.9. The number of nitrogens with one attached hydrogen (secondary N) is 1. The van der Waals surface area contributed by atoms with Gasteiger partial charge in [-0.15, -0.1) is 0 Å². The molecule has 2 atom stereocenters. The van der Waals surface area contributed by atoms with Crippen molar-refractivity contribution < 1.29 is 0 Å². The molecule has 3 N–H and O–H groups in total. The van der Waals surface area contributed by atoms with Gasteiger partial charge in [0.1, 0.15) is 0 Å². The molecule has 0 spiro atoms. The summed E-state index contributed by atoms with van der Waals surface area (Å²) in [6.07, 6.45) is 2.26. The predicted octanol–water partition coefficient (Wildman–Crippen LogP) is 4.37. The molecule has 0 aromatic heterocycles. The van der Waals surface area contributed by atoms with Gasteiger partial charge in [0, 0.05) is 22.2 Å². The molecule has 0 aliphatic heterocycles. The molecule has 1 aliphatic rings. The normalized spacial score (nSPS) is 18.8. The van der Waals surface area contributed by atoms with E-state index in [1.807, 2.05) is 12.1 Å². The number of hydrogen-bond acceptors (Lipinski definition) is 2. The molecule has 0 heterocycles. The third-order valence-corrected chi connectivity index (χ3v) is 4.79. The van der Waals surface area contributed by atoms with E-state index in [4.69, 9.17) is 5.73 Å². The predicted molar refractivity (Wildman–Crippen MR) is 87.6 cm³/mol. The van der Waals surface area contributed by atoms with E-state index in [0.29, 0.717) is 12.1 Å². The number of nitrogens with two attached hydrogens (primary N) is 1. The van der Waals surface area contributed by atoms with E-state index in [1.165, 1.54) is 16.7 Å². The second kappa shape index (κ2) is 5.58. The van der Waals surface area contributed by atoms with E-state index in [1.54, 1.807) is 0 Å². The van der Waals surface area contributed by atoms with Gasteiger partial charge in [0.25, 0.3) is 0 Å². The van der Waals surface area contributed by atoms with E-state index in [-0.39, 0.29) is 0 Å². The molecule has 0 saturated heterocycles. The van der Waals surface area contributed by atoms with E-state index in [2.05, 4.69) is 58.5 Å². The summed E-state index contributed by atoms with van der Waals surface area (Å²) in [5.74, 6) is 0. The summed E-state index contributed by atoms with van der Waals surface area (Å²) in [5.41, 5.74) is 10.8. The van der Waals surface area contributed by atoms with Crippen LogP contribution in [0.5, 0.6) is 0 Å².